The van der Waals surface area contributed by atoms with Crippen molar-refractivity contribution in [3.8, 4) is 11.4 Å². The molecule has 0 spiro atoms. The Morgan fingerprint density at radius 1 is 1.02 bits per heavy atom. The summed E-state index contributed by atoms with van der Waals surface area (Å²) in [5.41, 5.74) is 3.56. The van der Waals surface area contributed by atoms with Gasteiger partial charge in [0.25, 0.3) is 5.91 Å². The second-order valence-corrected chi connectivity index (χ2v) is 11.3. The molecule has 4 rings (SSSR count). The lowest BCUT2D eigenvalue weighted by atomic mass is 9.92. The van der Waals surface area contributed by atoms with Crippen LogP contribution in [0.2, 0.25) is 10.0 Å². The number of hydrogen-bond donors (Lipinski definition) is 3. The Kier molecular flexibility index (Phi) is 12.2. The fraction of sp³-hybridized carbons (Fsp3) is 0.290. The molecule has 0 aliphatic rings. The van der Waals surface area contributed by atoms with Crippen LogP contribution < -0.4 is 20.7 Å². The number of ether oxygens (including phenoxy) is 2. The number of aromatic nitrogens is 3. The van der Waals surface area contributed by atoms with E-state index in [1.165, 1.54) is 7.11 Å². The highest BCUT2D eigenvalue weighted by Gasteiger charge is 2.22. The third-order valence-corrected chi connectivity index (χ3v) is 6.92. The van der Waals surface area contributed by atoms with Gasteiger partial charge in [0.1, 0.15) is 35.6 Å². The highest BCUT2D eigenvalue weighted by Crippen LogP contribution is 2.38. The van der Waals surface area contributed by atoms with E-state index >= 15 is 0 Å². The topological polar surface area (TPSA) is 119 Å². The van der Waals surface area contributed by atoms with Gasteiger partial charge in [0.2, 0.25) is 0 Å². The molecule has 2 heterocycles. The molecule has 0 bridgehead atoms. The lowest BCUT2D eigenvalue weighted by Gasteiger charge is -2.14. The van der Waals surface area contributed by atoms with Gasteiger partial charge >= 0.3 is 6.03 Å². The minimum Gasteiger partial charge on any atom is -0.487 e. The molecule has 2 aromatic carbocycles. The average molecular weight is 754 g/mol. The number of carbonyl (C=O) groups is 2. The first-order valence-corrected chi connectivity index (χ1v) is 15.6. The standard InChI is InChI=1S/C30H32Cl2N6O4.CH3I/c1-18-6-8-20(9-7-18)38-25(15-23(37-38)30(2,3)4)36-29(40)34-21-10-11-22(28(32)27(21)31)42-16-19-12-13-33-24(14-19)35-26(39)17-41-5;1-2/h6-15H,16-17H2,1-5H3,(H,33,35,39)(H2,34,36,40);1H3/i;1D. The zero-order chi connectivity index (χ0) is 33.1. The molecule has 0 aliphatic carbocycles. The van der Waals surface area contributed by atoms with Gasteiger partial charge in [-0.3, -0.25) is 10.1 Å². The number of amides is 3. The maximum Gasteiger partial charge on any atom is 0.324 e. The van der Waals surface area contributed by atoms with Crippen molar-refractivity contribution in [2.75, 3.05) is 34.6 Å². The maximum atomic E-state index is 13.0. The molecule has 13 heteroatoms. The summed E-state index contributed by atoms with van der Waals surface area (Å²) in [7, 11) is 1.43. The predicted molar refractivity (Wildman–Crippen MR) is 185 cm³/mol. The fourth-order valence-corrected chi connectivity index (χ4v) is 4.26. The van der Waals surface area contributed by atoms with E-state index in [0.717, 1.165) is 22.5 Å². The van der Waals surface area contributed by atoms with Crippen molar-refractivity contribution in [2.24, 2.45) is 0 Å². The molecular weight excluding hydrogens is 718 g/mol. The van der Waals surface area contributed by atoms with Gasteiger partial charge in [0.15, 0.2) is 0 Å². The molecule has 44 heavy (non-hydrogen) atoms. The average Bonchev–Trinajstić information content (AvgIpc) is 3.40. The number of anilines is 3. The first kappa shape index (κ1) is 33.5. The summed E-state index contributed by atoms with van der Waals surface area (Å²) in [6, 6.07) is 15.8. The summed E-state index contributed by atoms with van der Waals surface area (Å²) in [5.74, 6) is 0.866. The Balaban J connectivity index is 0.00000177. The zero-order valence-corrected chi connectivity index (χ0v) is 28.7. The van der Waals surface area contributed by atoms with E-state index in [4.69, 9.17) is 39.1 Å². The minimum absolute atomic E-state index is 0.0801. The van der Waals surface area contributed by atoms with Crippen molar-refractivity contribution in [3.05, 3.63) is 87.7 Å². The second kappa shape index (κ2) is 16.1. The van der Waals surface area contributed by atoms with Gasteiger partial charge in [0, 0.05) is 26.2 Å². The van der Waals surface area contributed by atoms with Crippen LogP contribution in [-0.2, 0) is 21.6 Å². The number of hydrogen-bond acceptors (Lipinski definition) is 6. The molecule has 3 amide bonds. The smallest absolute Gasteiger partial charge is 0.324 e. The highest BCUT2D eigenvalue weighted by molar-refractivity contribution is 14.1. The molecule has 0 radical (unpaired) electrons. The van der Waals surface area contributed by atoms with Crippen LogP contribution in [0.4, 0.5) is 22.1 Å². The van der Waals surface area contributed by atoms with Crippen molar-refractivity contribution < 1.29 is 20.4 Å². The lowest BCUT2D eigenvalue weighted by Crippen LogP contribution is -2.21. The molecule has 0 atom stereocenters. The number of aryl methyl sites for hydroxylation is 1. The Hall–Kier alpha value is -3.39. The van der Waals surface area contributed by atoms with Crippen molar-refractivity contribution in [1.82, 2.24) is 14.8 Å². The summed E-state index contributed by atoms with van der Waals surface area (Å²) in [6.45, 7) is 8.23. The molecule has 10 nitrogen and oxygen atoms in total. The van der Waals surface area contributed by atoms with Crippen molar-refractivity contribution in [1.29, 1.82) is 0 Å². The van der Waals surface area contributed by atoms with Crippen molar-refractivity contribution in [2.45, 2.75) is 39.7 Å². The summed E-state index contributed by atoms with van der Waals surface area (Å²) in [4.78, 5) is 29.4. The molecule has 0 unspecified atom stereocenters. The Labute approximate surface area is 282 Å². The number of nitrogens with one attached hydrogen (secondary N) is 3. The number of benzene rings is 2. The van der Waals surface area contributed by atoms with Crippen LogP contribution in [0.25, 0.3) is 5.69 Å². The SMILES string of the molecule is COCC(=O)Nc1cc(COc2ccc(NC(=O)Nc3cc(C(C)(C)C)nn3-c3ccc(C)cc3)c(Cl)c2Cl)ccn1.[2H]CI. The number of urea groups is 1. The second-order valence-electron chi connectivity index (χ2n) is 10.5. The molecule has 0 fully saturated rings. The van der Waals surface area contributed by atoms with Crippen LogP contribution >= 0.6 is 45.8 Å². The van der Waals surface area contributed by atoms with E-state index in [-0.39, 0.29) is 34.6 Å². The largest absolute Gasteiger partial charge is 0.487 e. The van der Waals surface area contributed by atoms with Gasteiger partial charge in [-0.2, -0.15) is 5.10 Å². The molecule has 0 saturated carbocycles. The van der Waals surface area contributed by atoms with E-state index < -0.39 is 6.03 Å². The third kappa shape index (κ3) is 9.55. The van der Waals surface area contributed by atoms with Gasteiger partial charge in [-0.25, -0.2) is 14.5 Å². The Morgan fingerprint density at radius 2 is 1.73 bits per heavy atom. The molecule has 0 aliphatic heterocycles. The van der Waals surface area contributed by atoms with Gasteiger partial charge in [0.05, 0.1) is 22.1 Å². The molecule has 0 saturated heterocycles. The Morgan fingerprint density at radius 3 is 2.39 bits per heavy atom. The number of alkyl halides is 1. The number of nitrogens with zero attached hydrogens (tertiary/aromatic N) is 3. The molecule has 234 valence electrons. The van der Waals surface area contributed by atoms with Crippen LogP contribution in [0, 0.1) is 6.92 Å². The third-order valence-electron chi connectivity index (χ3n) is 6.05. The number of pyridine rings is 1. The van der Waals surface area contributed by atoms with Crippen LogP contribution in [0.3, 0.4) is 0 Å². The zero-order valence-electron chi connectivity index (χ0n) is 26.0. The van der Waals surface area contributed by atoms with E-state index in [9.17, 15) is 9.59 Å². The monoisotopic (exact) mass is 753 g/mol. The van der Waals surface area contributed by atoms with Crippen molar-refractivity contribution >= 4 is 75.1 Å². The number of carbonyl (C=O) groups excluding carboxylic acids is 2. The molecule has 3 N–H and O–H groups in total. The number of halogens is 3. The molecule has 4 aromatic rings. The molecular formula is C31H35Cl2IN6O4. The van der Waals surface area contributed by atoms with E-state index in [1.807, 2.05) is 59.8 Å². The van der Waals surface area contributed by atoms with E-state index in [0.29, 0.717) is 28.0 Å². The summed E-state index contributed by atoms with van der Waals surface area (Å²) in [5, 5.41) is 13.3. The van der Waals surface area contributed by atoms with E-state index in [2.05, 4.69) is 41.7 Å². The van der Waals surface area contributed by atoms with Gasteiger partial charge in [-0.05, 0) is 53.8 Å². The van der Waals surface area contributed by atoms with Gasteiger partial charge < -0.3 is 20.1 Å². The van der Waals surface area contributed by atoms with Crippen molar-refractivity contribution in [3.63, 3.8) is 0 Å². The number of methoxy groups -OCH3 is 1. The predicted octanol–water partition coefficient (Wildman–Crippen LogP) is 8.04. The maximum absolute atomic E-state index is 13.0. The van der Waals surface area contributed by atoms with Crippen LogP contribution in [-0.4, -0.2) is 45.3 Å². The summed E-state index contributed by atoms with van der Waals surface area (Å²) < 4.78 is 18.6. The van der Waals surface area contributed by atoms with Crippen LogP contribution in [0.5, 0.6) is 5.75 Å². The van der Waals surface area contributed by atoms with E-state index in [1.54, 1.807) is 35.1 Å². The fourth-order valence-electron chi connectivity index (χ4n) is 3.83. The highest BCUT2D eigenvalue weighted by atomic mass is 127. The first-order chi connectivity index (χ1) is 21.4. The number of rotatable bonds is 9. The van der Waals surface area contributed by atoms with Crippen LogP contribution in [0.1, 0.15) is 39.0 Å². The van der Waals surface area contributed by atoms with Gasteiger partial charge in [-0.15, -0.1) is 0 Å². The minimum atomic E-state index is -0.518. The first-order valence-electron chi connectivity index (χ1n) is 14.0. The van der Waals surface area contributed by atoms with Gasteiger partial charge in [-0.1, -0.05) is 84.3 Å². The summed E-state index contributed by atoms with van der Waals surface area (Å²) >= 11 is 14.9. The summed E-state index contributed by atoms with van der Waals surface area (Å²) in [6.07, 6.45) is 1.55. The van der Waals surface area contributed by atoms with Crippen LogP contribution in [0.15, 0.2) is 60.8 Å². The Bertz CT molecular complexity index is 1610. The molecule has 2 aromatic heterocycles. The quantitative estimate of drug-likeness (QED) is 0.118. The lowest BCUT2D eigenvalue weighted by molar-refractivity contribution is -0.119. The normalized spacial score (nSPS) is 11.1.